The minimum Gasteiger partial charge on any atom is -0.469 e. The third-order valence-corrected chi connectivity index (χ3v) is 2.07. The van der Waals surface area contributed by atoms with Gasteiger partial charge in [0.25, 0.3) is 0 Å². The van der Waals surface area contributed by atoms with Crippen molar-refractivity contribution >= 4 is 5.91 Å². The Hall–Kier alpha value is -1.29. The van der Waals surface area contributed by atoms with Crippen molar-refractivity contribution in [1.82, 2.24) is 4.90 Å². The van der Waals surface area contributed by atoms with Crippen LogP contribution in [0.2, 0.25) is 0 Å². The van der Waals surface area contributed by atoms with Crippen LogP contribution in [0.5, 0.6) is 0 Å². The van der Waals surface area contributed by atoms with Crippen LogP contribution in [0.1, 0.15) is 11.3 Å². The Kier molecular flexibility index (Phi) is 3.71. The molecule has 1 aromatic heterocycles. The molecule has 0 aliphatic carbocycles. The van der Waals surface area contributed by atoms with Gasteiger partial charge < -0.3 is 14.1 Å². The summed E-state index contributed by atoms with van der Waals surface area (Å²) in [7, 11) is 3.25. The van der Waals surface area contributed by atoms with Gasteiger partial charge in [-0.05, 0) is 13.0 Å². The molecule has 0 fully saturated rings. The number of amides is 1. The second kappa shape index (κ2) is 4.81. The minimum absolute atomic E-state index is 0.0342. The Morgan fingerprint density at radius 2 is 2.36 bits per heavy atom. The van der Waals surface area contributed by atoms with Gasteiger partial charge in [0, 0.05) is 26.3 Å². The van der Waals surface area contributed by atoms with E-state index >= 15 is 0 Å². The molecule has 14 heavy (non-hydrogen) atoms. The van der Waals surface area contributed by atoms with E-state index < -0.39 is 0 Å². The highest BCUT2D eigenvalue weighted by molar-refractivity contribution is 5.77. The molecule has 0 atom stereocenters. The summed E-state index contributed by atoms with van der Waals surface area (Å²) in [6, 6.07) is 1.87. The van der Waals surface area contributed by atoms with Gasteiger partial charge >= 0.3 is 0 Å². The lowest BCUT2D eigenvalue weighted by atomic mass is 10.2. The van der Waals surface area contributed by atoms with E-state index in [9.17, 15) is 4.79 Å². The Morgan fingerprint density at radius 3 is 2.86 bits per heavy atom. The van der Waals surface area contributed by atoms with Gasteiger partial charge in [0.2, 0.25) is 5.91 Å². The SMILES string of the molecule is COCC(=O)N(C)Cc1ccoc1C. The molecule has 0 saturated carbocycles. The molecule has 0 saturated heterocycles. The molecule has 0 bridgehead atoms. The van der Waals surface area contributed by atoms with Crippen molar-refractivity contribution in [2.24, 2.45) is 0 Å². The molecule has 0 aromatic carbocycles. The van der Waals surface area contributed by atoms with Crippen molar-refractivity contribution < 1.29 is 13.9 Å². The molecular weight excluding hydrogens is 182 g/mol. The Morgan fingerprint density at radius 1 is 1.64 bits per heavy atom. The van der Waals surface area contributed by atoms with Crippen molar-refractivity contribution in [3.8, 4) is 0 Å². The molecule has 0 radical (unpaired) electrons. The zero-order valence-electron chi connectivity index (χ0n) is 8.74. The van der Waals surface area contributed by atoms with E-state index in [2.05, 4.69) is 0 Å². The summed E-state index contributed by atoms with van der Waals surface area (Å²) in [5.74, 6) is 0.815. The second-order valence-electron chi connectivity index (χ2n) is 3.18. The number of methoxy groups -OCH3 is 1. The first-order valence-electron chi connectivity index (χ1n) is 4.41. The number of rotatable bonds is 4. The van der Waals surface area contributed by atoms with E-state index in [1.165, 1.54) is 7.11 Å². The third kappa shape index (κ3) is 2.60. The molecule has 0 spiro atoms. The van der Waals surface area contributed by atoms with Gasteiger partial charge in [0.05, 0.1) is 6.26 Å². The molecule has 0 aliphatic heterocycles. The van der Waals surface area contributed by atoms with Crippen LogP contribution in [-0.4, -0.2) is 31.6 Å². The van der Waals surface area contributed by atoms with Crippen molar-refractivity contribution in [2.45, 2.75) is 13.5 Å². The number of nitrogens with zero attached hydrogens (tertiary/aromatic N) is 1. The average Bonchev–Trinajstić information content (AvgIpc) is 2.52. The quantitative estimate of drug-likeness (QED) is 0.728. The number of hydrogen-bond donors (Lipinski definition) is 0. The fourth-order valence-electron chi connectivity index (χ4n) is 1.15. The summed E-state index contributed by atoms with van der Waals surface area (Å²) < 4.78 is 9.90. The van der Waals surface area contributed by atoms with Crippen LogP contribution in [0, 0.1) is 6.92 Å². The first kappa shape index (κ1) is 10.8. The standard InChI is InChI=1S/C10H15NO3/c1-8-9(4-5-14-8)6-11(2)10(12)7-13-3/h4-5H,6-7H2,1-3H3. The van der Waals surface area contributed by atoms with Crippen molar-refractivity contribution in [1.29, 1.82) is 0 Å². The first-order chi connectivity index (χ1) is 6.65. The highest BCUT2D eigenvalue weighted by Crippen LogP contribution is 2.10. The molecule has 0 unspecified atom stereocenters. The second-order valence-corrected chi connectivity index (χ2v) is 3.18. The highest BCUT2D eigenvalue weighted by atomic mass is 16.5. The van der Waals surface area contributed by atoms with E-state index in [4.69, 9.17) is 9.15 Å². The molecule has 1 heterocycles. The van der Waals surface area contributed by atoms with Crippen LogP contribution >= 0.6 is 0 Å². The topological polar surface area (TPSA) is 42.7 Å². The predicted octanol–water partition coefficient (Wildman–Crippen LogP) is 1.19. The lowest BCUT2D eigenvalue weighted by Gasteiger charge is -2.15. The van der Waals surface area contributed by atoms with Gasteiger partial charge in [0.1, 0.15) is 12.4 Å². The molecule has 0 aliphatic rings. The molecular formula is C10H15NO3. The Labute approximate surface area is 83.5 Å². The van der Waals surface area contributed by atoms with Gasteiger partial charge in [-0.1, -0.05) is 0 Å². The van der Waals surface area contributed by atoms with Gasteiger partial charge in [-0.25, -0.2) is 0 Å². The van der Waals surface area contributed by atoms with Crippen LogP contribution in [0.15, 0.2) is 16.7 Å². The number of furan rings is 1. The van der Waals surface area contributed by atoms with Crippen LogP contribution in [0.3, 0.4) is 0 Å². The number of aryl methyl sites for hydroxylation is 1. The van der Waals surface area contributed by atoms with Crippen LogP contribution in [0.25, 0.3) is 0 Å². The Bertz CT molecular complexity index is 306. The van der Waals surface area contributed by atoms with E-state index in [1.807, 2.05) is 13.0 Å². The average molecular weight is 197 g/mol. The number of ether oxygens (including phenoxy) is 1. The number of hydrogen-bond acceptors (Lipinski definition) is 3. The smallest absolute Gasteiger partial charge is 0.248 e. The fourth-order valence-corrected chi connectivity index (χ4v) is 1.15. The normalized spacial score (nSPS) is 10.2. The molecule has 1 aromatic rings. The molecule has 0 N–H and O–H groups in total. The summed E-state index contributed by atoms with van der Waals surface area (Å²) in [6.07, 6.45) is 1.62. The van der Waals surface area contributed by atoms with E-state index in [0.717, 1.165) is 11.3 Å². The number of carbonyl (C=O) groups is 1. The monoisotopic (exact) mass is 197 g/mol. The van der Waals surface area contributed by atoms with Crippen molar-refractivity contribution in [3.63, 3.8) is 0 Å². The maximum absolute atomic E-state index is 11.4. The molecule has 78 valence electrons. The molecule has 4 heteroatoms. The van der Waals surface area contributed by atoms with Gasteiger partial charge in [-0.3, -0.25) is 4.79 Å². The van der Waals surface area contributed by atoms with Crippen molar-refractivity contribution in [2.75, 3.05) is 20.8 Å². The van der Waals surface area contributed by atoms with Crippen molar-refractivity contribution in [3.05, 3.63) is 23.7 Å². The maximum atomic E-state index is 11.4. The zero-order valence-corrected chi connectivity index (χ0v) is 8.74. The minimum atomic E-state index is -0.0342. The summed E-state index contributed by atoms with van der Waals surface area (Å²) in [6.45, 7) is 2.56. The van der Waals surface area contributed by atoms with E-state index in [1.54, 1.807) is 18.2 Å². The number of likely N-dealkylation sites (N-methyl/N-ethyl adjacent to an activating group) is 1. The summed E-state index contributed by atoms with van der Waals surface area (Å²) in [5.41, 5.74) is 1.02. The van der Waals surface area contributed by atoms with E-state index in [-0.39, 0.29) is 12.5 Å². The summed E-state index contributed by atoms with van der Waals surface area (Å²) in [5, 5.41) is 0. The van der Waals surface area contributed by atoms with Crippen LogP contribution in [0.4, 0.5) is 0 Å². The highest BCUT2D eigenvalue weighted by Gasteiger charge is 2.10. The maximum Gasteiger partial charge on any atom is 0.248 e. The van der Waals surface area contributed by atoms with Gasteiger partial charge in [-0.15, -0.1) is 0 Å². The first-order valence-corrected chi connectivity index (χ1v) is 4.41. The lowest BCUT2D eigenvalue weighted by molar-refractivity contribution is -0.134. The van der Waals surface area contributed by atoms with E-state index in [0.29, 0.717) is 6.54 Å². The molecule has 4 nitrogen and oxygen atoms in total. The molecule has 1 amide bonds. The Balaban J connectivity index is 2.52. The third-order valence-electron chi connectivity index (χ3n) is 2.07. The van der Waals surface area contributed by atoms with Gasteiger partial charge in [-0.2, -0.15) is 0 Å². The van der Waals surface area contributed by atoms with Crippen LogP contribution in [-0.2, 0) is 16.1 Å². The zero-order chi connectivity index (χ0) is 10.6. The molecule has 1 rings (SSSR count). The predicted molar refractivity (Wildman–Crippen MR) is 51.8 cm³/mol. The largest absolute Gasteiger partial charge is 0.469 e. The lowest BCUT2D eigenvalue weighted by Crippen LogP contribution is -2.29. The van der Waals surface area contributed by atoms with Crippen LogP contribution < -0.4 is 0 Å². The fraction of sp³-hybridized carbons (Fsp3) is 0.500. The van der Waals surface area contributed by atoms with Gasteiger partial charge in [0.15, 0.2) is 0 Å². The number of carbonyl (C=O) groups excluding carboxylic acids is 1. The summed E-state index contributed by atoms with van der Waals surface area (Å²) >= 11 is 0. The summed E-state index contributed by atoms with van der Waals surface area (Å²) in [4.78, 5) is 13.0.